The first kappa shape index (κ1) is 12.7. The smallest absolute Gasteiger partial charge is 0.259 e. The molecule has 0 saturated heterocycles. The molecule has 0 atom stereocenters. The summed E-state index contributed by atoms with van der Waals surface area (Å²) in [5.41, 5.74) is 1.11. The summed E-state index contributed by atoms with van der Waals surface area (Å²) in [5.74, 6) is 1.09. The summed E-state index contributed by atoms with van der Waals surface area (Å²) in [6, 6.07) is 6.92. The van der Waals surface area contributed by atoms with Crippen molar-refractivity contribution in [3.63, 3.8) is 0 Å². The molecule has 0 spiro atoms. The van der Waals surface area contributed by atoms with E-state index in [9.17, 15) is 4.79 Å². The fraction of sp³-hybridized carbons (Fsp3) is 0.143. The lowest BCUT2D eigenvalue weighted by molar-refractivity contribution is 0.0993. The molecule has 2 heterocycles. The van der Waals surface area contributed by atoms with E-state index < -0.39 is 0 Å². The number of amides is 1. The number of hydrogen-bond acceptors (Lipinski definition) is 4. The Bertz CT molecular complexity index is 675. The fourth-order valence-corrected chi connectivity index (χ4v) is 2.14. The number of halogens is 1. The van der Waals surface area contributed by atoms with Gasteiger partial charge in [0.2, 0.25) is 6.79 Å². The molecular weight excluding hydrogens is 280 g/mol. The van der Waals surface area contributed by atoms with E-state index in [1.165, 1.54) is 17.3 Å². The van der Waals surface area contributed by atoms with Crippen LogP contribution in [0.15, 0.2) is 36.7 Å². The second-order valence-corrected chi connectivity index (χ2v) is 4.66. The van der Waals surface area contributed by atoms with Crippen molar-refractivity contribution < 1.29 is 14.3 Å². The van der Waals surface area contributed by atoms with Crippen molar-refractivity contribution >= 4 is 23.2 Å². The molecule has 20 heavy (non-hydrogen) atoms. The van der Waals surface area contributed by atoms with Crippen LogP contribution in [0.1, 0.15) is 10.4 Å². The Balaban J connectivity index is 1.91. The molecular formula is C14H11ClN2O3. The highest BCUT2D eigenvalue weighted by molar-refractivity contribution is 6.34. The van der Waals surface area contributed by atoms with Gasteiger partial charge < -0.3 is 14.4 Å². The van der Waals surface area contributed by atoms with Crippen LogP contribution in [0.5, 0.6) is 11.5 Å². The molecule has 0 saturated carbocycles. The van der Waals surface area contributed by atoms with Crippen LogP contribution in [0.2, 0.25) is 5.02 Å². The molecule has 1 aromatic carbocycles. The monoisotopic (exact) mass is 290 g/mol. The molecule has 3 rings (SSSR count). The highest BCUT2D eigenvalue weighted by atomic mass is 35.5. The Morgan fingerprint density at radius 1 is 1.30 bits per heavy atom. The van der Waals surface area contributed by atoms with E-state index in [1.807, 2.05) is 0 Å². The van der Waals surface area contributed by atoms with Gasteiger partial charge in [-0.05, 0) is 18.2 Å². The van der Waals surface area contributed by atoms with E-state index in [2.05, 4.69) is 4.98 Å². The maximum absolute atomic E-state index is 12.4. The van der Waals surface area contributed by atoms with Crippen molar-refractivity contribution in [2.75, 3.05) is 18.7 Å². The second kappa shape index (κ2) is 5.02. The van der Waals surface area contributed by atoms with Gasteiger partial charge in [0, 0.05) is 31.2 Å². The van der Waals surface area contributed by atoms with Crippen LogP contribution >= 0.6 is 11.6 Å². The summed E-state index contributed by atoms with van der Waals surface area (Å²) in [5, 5.41) is 0.324. The topological polar surface area (TPSA) is 51.7 Å². The lowest BCUT2D eigenvalue weighted by Crippen LogP contribution is -2.26. The van der Waals surface area contributed by atoms with Gasteiger partial charge in [0.05, 0.1) is 10.6 Å². The Hall–Kier alpha value is -2.27. The molecule has 6 heteroatoms. The van der Waals surface area contributed by atoms with E-state index in [0.717, 1.165) is 0 Å². The predicted octanol–water partition coefficient (Wildman–Crippen LogP) is 2.74. The molecule has 1 amide bonds. The van der Waals surface area contributed by atoms with E-state index in [-0.39, 0.29) is 12.7 Å². The first-order valence-corrected chi connectivity index (χ1v) is 6.32. The van der Waals surface area contributed by atoms with Gasteiger partial charge in [-0.15, -0.1) is 0 Å². The van der Waals surface area contributed by atoms with Crippen molar-refractivity contribution in [3.8, 4) is 11.5 Å². The lowest BCUT2D eigenvalue weighted by Gasteiger charge is -2.18. The number of fused-ring (bicyclic) bond motifs is 1. The average molecular weight is 291 g/mol. The second-order valence-electron chi connectivity index (χ2n) is 4.26. The normalized spacial score (nSPS) is 12.3. The number of anilines is 1. The largest absolute Gasteiger partial charge is 0.454 e. The Labute approximate surface area is 120 Å². The number of rotatable bonds is 2. The van der Waals surface area contributed by atoms with Crippen molar-refractivity contribution in [2.45, 2.75) is 0 Å². The Kier molecular flexibility index (Phi) is 3.20. The number of hydrogen-bond donors (Lipinski definition) is 0. The number of pyridine rings is 1. The minimum absolute atomic E-state index is 0.201. The summed E-state index contributed by atoms with van der Waals surface area (Å²) < 4.78 is 10.5. The van der Waals surface area contributed by atoms with Gasteiger partial charge in [0.15, 0.2) is 11.5 Å². The van der Waals surface area contributed by atoms with Crippen LogP contribution in [0.25, 0.3) is 0 Å². The first-order valence-electron chi connectivity index (χ1n) is 5.94. The van der Waals surface area contributed by atoms with Crippen molar-refractivity contribution in [1.82, 2.24) is 4.98 Å². The molecule has 1 aliphatic heterocycles. The molecule has 2 aromatic rings. The summed E-state index contributed by atoms with van der Waals surface area (Å²) in [6.45, 7) is 0.201. The number of nitrogens with zero attached hydrogens (tertiary/aromatic N) is 2. The van der Waals surface area contributed by atoms with Gasteiger partial charge in [-0.3, -0.25) is 9.78 Å². The van der Waals surface area contributed by atoms with E-state index in [0.29, 0.717) is 27.8 Å². The highest BCUT2D eigenvalue weighted by Gasteiger charge is 2.19. The molecule has 0 bridgehead atoms. The number of benzene rings is 1. The molecule has 5 nitrogen and oxygen atoms in total. The quantitative estimate of drug-likeness (QED) is 0.853. The average Bonchev–Trinajstić information content (AvgIpc) is 2.93. The zero-order chi connectivity index (χ0) is 14.1. The molecule has 0 N–H and O–H groups in total. The van der Waals surface area contributed by atoms with Crippen LogP contribution in [0.4, 0.5) is 5.69 Å². The number of aromatic nitrogens is 1. The maximum atomic E-state index is 12.4. The van der Waals surface area contributed by atoms with Gasteiger partial charge in [0.25, 0.3) is 5.91 Å². The first-order chi connectivity index (χ1) is 9.66. The molecule has 0 fully saturated rings. The highest BCUT2D eigenvalue weighted by Crippen LogP contribution is 2.35. The van der Waals surface area contributed by atoms with Crippen LogP contribution in [0, 0.1) is 0 Å². The minimum Gasteiger partial charge on any atom is -0.454 e. The van der Waals surface area contributed by atoms with Gasteiger partial charge in [-0.2, -0.15) is 0 Å². The number of ether oxygens (including phenoxy) is 2. The van der Waals surface area contributed by atoms with Gasteiger partial charge in [-0.1, -0.05) is 11.6 Å². The predicted molar refractivity (Wildman–Crippen MR) is 74.5 cm³/mol. The third kappa shape index (κ3) is 2.16. The van der Waals surface area contributed by atoms with Crippen LogP contribution < -0.4 is 14.4 Å². The van der Waals surface area contributed by atoms with Gasteiger partial charge >= 0.3 is 0 Å². The zero-order valence-electron chi connectivity index (χ0n) is 10.7. The maximum Gasteiger partial charge on any atom is 0.259 e. The van der Waals surface area contributed by atoms with Crippen LogP contribution in [0.3, 0.4) is 0 Å². The van der Waals surface area contributed by atoms with E-state index >= 15 is 0 Å². The molecule has 0 unspecified atom stereocenters. The van der Waals surface area contributed by atoms with Gasteiger partial charge in [-0.25, -0.2) is 0 Å². The van der Waals surface area contributed by atoms with Crippen molar-refractivity contribution in [3.05, 3.63) is 47.2 Å². The third-order valence-electron chi connectivity index (χ3n) is 3.05. The summed E-state index contributed by atoms with van der Waals surface area (Å²) in [7, 11) is 1.68. The Morgan fingerprint density at radius 2 is 2.10 bits per heavy atom. The standard InChI is InChI=1S/C14H11ClN2O3/c1-17(14(18)10-4-5-16-7-11(10)15)9-2-3-12-13(6-9)20-8-19-12/h2-7H,8H2,1H3. The van der Waals surface area contributed by atoms with Crippen molar-refractivity contribution in [2.24, 2.45) is 0 Å². The molecule has 0 radical (unpaired) electrons. The number of carbonyl (C=O) groups excluding carboxylic acids is 1. The summed E-state index contributed by atoms with van der Waals surface area (Å²) in [6.07, 6.45) is 2.98. The van der Waals surface area contributed by atoms with Gasteiger partial charge in [0.1, 0.15) is 0 Å². The molecule has 0 aliphatic carbocycles. The van der Waals surface area contributed by atoms with E-state index in [4.69, 9.17) is 21.1 Å². The van der Waals surface area contributed by atoms with Crippen molar-refractivity contribution in [1.29, 1.82) is 0 Å². The Morgan fingerprint density at radius 3 is 2.90 bits per heavy atom. The lowest BCUT2D eigenvalue weighted by atomic mass is 10.2. The number of carbonyl (C=O) groups is 1. The molecule has 1 aliphatic rings. The third-order valence-corrected chi connectivity index (χ3v) is 3.35. The minimum atomic E-state index is -0.212. The SMILES string of the molecule is CN(C(=O)c1ccncc1Cl)c1ccc2c(c1)OCO2. The van der Waals surface area contributed by atoms with E-state index in [1.54, 1.807) is 31.3 Å². The van der Waals surface area contributed by atoms with Crippen LogP contribution in [-0.4, -0.2) is 24.7 Å². The zero-order valence-corrected chi connectivity index (χ0v) is 11.4. The molecule has 102 valence electrons. The van der Waals surface area contributed by atoms with Crippen LogP contribution in [-0.2, 0) is 0 Å². The summed E-state index contributed by atoms with van der Waals surface area (Å²) >= 11 is 5.99. The summed E-state index contributed by atoms with van der Waals surface area (Å²) in [4.78, 5) is 17.8. The molecule has 1 aromatic heterocycles. The fourth-order valence-electron chi connectivity index (χ4n) is 1.94.